The lowest BCUT2D eigenvalue weighted by Crippen LogP contribution is -2.47. The van der Waals surface area contributed by atoms with Crippen LogP contribution in [0.1, 0.15) is 40.7 Å². The van der Waals surface area contributed by atoms with Crippen molar-refractivity contribution in [3.63, 3.8) is 0 Å². The van der Waals surface area contributed by atoms with Crippen LogP contribution in [0.25, 0.3) is 0 Å². The van der Waals surface area contributed by atoms with E-state index in [-0.39, 0.29) is 5.91 Å². The van der Waals surface area contributed by atoms with Gasteiger partial charge in [0, 0.05) is 12.1 Å². The number of benzene rings is 1. The zero-order chi connectivity index (χ0) is 12.5. The van der Waals surface area contributed by atoms with E-state index in [4.69, 9.17) is 0 Å². The van der Waals surface area contributed by atoms with Crippen LogP contribution in [0.15, 0.2) is 18.2 Å². The van der Waals surface area contributed by atoms with Gasteiger partial charge in [-0.05, 0) is 45.2 Å². The monoisotopic (exact) mass is 233 g/mol. The molecule has 1 aromatic carbocycles. The molecule has 0 heterocycles. The first-order valence-electron chi connectivity index (χ1n) is 6.07. The summed E-state index contributed by atoms with van der Waals surface area (Å²) in [5.74, 6) is -0.0999. The van der Waals surface area contributed by atoms with Crippen LogP contribution < -0.4 is 5.32 Å². The summed E-state index contributed by atoms with van der Waals surface area (Å²) < 4.78 is 0. The Labute approximate surface area is 102 Å². The van der Waals surface area contributed by atoms with Crippen LogP contribution in [0.4, 0.5) is 0 Å². The quantitative estimate of drug-likeness (QED) is 0.838. The number of aryl methyl sites for hydroxylation is 2. The second-order valence-corrected chi connectivity index (χ2v) is 5.14. The lowest BCUT2D eigenvalue weighted by atomic mass is 9.80. The number of carbonyl (C=O) groups is 1. The Balaban J connectivity index is 1.99. The van der Waals surface area contributed by atoms with Gasteiger partial charge in [-0.2, -0.15) is 0 Å². The molecule has 92 valence electrons. The average molecular weight is 233 g/mol. The fraction of sp³-hybridized carbons (Fsp3) is 0.500. The lowest BCUT2D eigenvalue weighted by Gasteiger charge is -2.36. The van der Waals surface area contributed by atoms with Gasteiger partial charge in [-0.15, -0.1) is 0 Å². The Kier molecular flexibility index (Phi) is 3.20. The fourth-order valence-corrected chi connectivity index (χ4v) is 2.21. The van der Waals surface area contributed by atoms with Crippen molar-refractivity contribution < 1.29 is 9.90 Å². The molecule has 3 nitrogen and oxygen atoms in total. The van der Waals surface area contributed by atoms with E-state index in [1.807, 2.05) is 32.0 Å². The molecule has 0 unspecified atom stereocenters. The molecule has 3 heteroatoms. The zero-order valence-corrected chi connectivity index (χ0v) is 10.4. The van der Waals surface area contributed by atoms with Crippen molar-refractivity contribution in [1.82, 2.24) is 5.32 Å². The van der Waals surface area contributed by atoms with Crippen LogP contribution in [0, 0.1) is 13.8 Å². The Morgan fingerprint density at radius 3 is 2.35 bits per heavy atom. The predicted molar refractivity (Wildman–Crippen MR) is 67.1 cm³/mol. The third-order valence-electron chi connectivity index (χ3n) is 3.35. The minimum absolute atomic E-state index is 0.0999. The SMILES string of the molecule is Cc1cc(C)cc(C(=O)NCC2(O)CCC2)c1. The molecule has 2 rings (SSSR count). The van der Waals surface area contributed by atoms with Crippen molar-refractivity contribution in [2.24, 2.45) is 0 Å². The molecule has 0 saturated heterocycles. The van der Waals surface area contributed by atoms with Gasteiger partial charge < -0.3 is 10.4 Å². The van der Waals surface area contributed by atoms with E-state index < -0.39 is 5.60 Å². The summed E-state index contributed by atoms with van der Waals surface area (Å²) in [5.41, 5.74) is 2.18. The molecule has 0 radical (unpaired) electrons. The third kappa shape index (κ3) is 2.86. The summed E-state index contributed by atoms with van der Waals surface area (Å²) in [6, 6.07) is 5.77. The molecule has 1 fully saturated rings. The minimum Gasteiger partial charge on any atom is -0.388 e. The highest BCUT2D eigenvalue weighted by Crippen LogP contribution is 2.30. The topological polar surface area (TPSA) is 49.3 Å². The van der Waals surface area contributed by atoms with Crippen molar-refractivity contribution in [3.8, 4) is 0 Å². The van der Waals surface area contributed by atoms with Gasteiger partial charge in [0.2, 0.25) is 0 Å². The molecule has 0 atom stereocenters. The number of amides is 1. The van der Waals surface area contributed by atoms with Gasteiger partial charge in [-0.3, -0.25) is 4.79 Å². The third-order valence-corrected chi connectivity index (χ3v) is 3.35. The lowest BCUT2D eigenvalue weighted by molar-refractivity contribution is -0.0300. The first-order valence-corrected chi connectivity index (χ1v) is 6.07. The second kappa shape index (κ2) is 4.49. The fourth-order valence-electron chi connectivity index (χ4n) is 2.21. The Bertz CT molecular complexity index is 416. The van der Waals surface area contributed by atoms with Gasteiger partial charge in [0.1, 0.15) is 0 Å². The van der Waals surface area contributed by atoms with Gasteiger partial charge in [-0.25, -0.2) is 0 Å². The van der Waals surface area contributed by atoms with Gasteiger partial charge in [0.15, 0.2) is 0 Å². The van der Waals surface area contributed by atoms with E-state index >= 15 is 0 Å². The highest BCUT2D eigenvalue weighted by atomic mass is 16.3. The first kappa shape index (κ1) is 12.1. The predicted octanol–water partition coefficient (Wildman–Crippen LogP) is 1.95. The summed E-state index contributed by atoms with van der Waals surface area (Å²) in [5, 5.41) is 12.7. The van der Waals surface area contributed by atoms with Crippen LogP contribution in [-0.4, -0.2) is 23.2 Å². The Morgan fingerprint density at radius 2 is 1.88 bits per heavy atom. The molecule has 1 aromatic rings. The van der Waals surface area contributed by atoms with E-state index in [2.05, 4.69) is 5.32 Å². The molecule has 0 aromatic heterocycles. The molecule has 0 spiro atoms. The standard InChI is InChI=1S/C14H19NO2/c1-10-6-11(2)8-12(7-10)13(16)15-9-14(17)4-3-5-14/h6-8,17H,3-5,9H2,1-2H3,(H,15,16). The van der Waals surface area contributed by atoms with Crippen molar-refractivity contribution in [1.29, 1.82) is 0 Å². The largest absolute Gasteiger partial charge is 0.388 e. The van der Waals surface area contributed by atoms with Crippen LogP contribution in [-0.2, 0) is 0 Å². The summed E-state index contributed by atoms with van der Waals surface area (Å²) in [6.45, 7) is 4.31. The van der Waals surface area contributed by atoms with E-state index in [1.165, 1.54) is 0 Å². The van der Waals surface area contributed by atoms with Crippen molar-refractivity contribution in [2.45, 2.75) is 38.7 Å². The molecule has 0 bridgehead atoms. The molecule has 2 N–H and O–H groups in total. The molecule has 1 amide bonds. The summed E-state index contributed by atoms with van der Waals surface area (Å²) >= 11 is 0. The molecule has 17 heavy (non-hydrogen) atoms. The first-order chi connectivity index (χ1) is 7.98. The normalized spacial score (nSPS) is 17.4. The molecular weight excluding hydrogens is 214 g/mol. The van der Waals surface area contributed by atoms with Gasteiger partial charge in [0.05, 0.1) is 5.60 Å². The van der Waals surface area contributed by atoms with E-state index in [0.717, 1.165) is 30.4 Å². The van der Waals surface area contributed by atoms with Crippen molar-refractivity contribution in [2.75, 3.05) is 6.54 Å². The van der Waals surface area contributed by atoms with Crippen LogP contribution >= 0.6 is 0 Å². The Hall–Kier alpha value is -1.35. The van der Waals surface area contributed by atoms with Gasteiger partial charge in [0.25, 0.3) is 5.91 Å². The number of rotatable bonds is 3. The van der Waals surface area contributed by atoms with Crippen LogP contribution in [0.3, 0.4) is 0 Å². The van der Waals surface area contributed by atoms with E-state index in [1.54, 1.807) is 0 Å². The highest BCUT2D eigenvalue weighted by Gasteiger charge is 2.34. The van der Waals surface area contributed by atoms with Crippen LogP contribution in [0.2, 0.25) is 0 Å². The second-order valence-electron chi connectivity index (χ2n) is 5.14. The van der Waals surface area contributed by atoms with Crippen molar-refractivity contribution in [3.05, 3.63) is 34.9 Å². The number of hydrogen-bond donors (Lipinski definition) is 2. The molecular formula is C14H19NO2. The van der Waals surface area contributed by atoms with E-state index in [9.17, 15) is 9.90 Å². The van der Waals surface area contributed by atoms with E-state index in [0.29, 0.717) is 12.1 Å². The smallest absolute Gasteiger partial charge is 0.251 e. The summed E-state index contributed by atoms with van der Waals surface area (Å²) in [7, 11) is 0. The van der Waals surface area contributed by atoms with Crippen molar-refractivity contribution >= 4 is 5.91 Å². The minimum atomic E-state index is -0.658. The van der Waals surface area contributed by atoms with Gasteiger partial charge in [-0.1, -0.05) is 17.2 Å². The summed E-state index contributed by atoms with van der Waals surface area (Å²) in [6.07, 6.45) is 2.64. The maximum atomic E-state index is 11.9. The molecule has 0 aliphatic heterocycles. The summed E-state index contributed by atoms with van der Waals surface area (Å²) in [4.78, 5) is 11.9. The average Bonchev–Trinajstić information content (AvgIpc) is 2.22. The van der Waals surface area contributed by atoms with Gasteiger partial charge >= 0.3 is 0 Å². The molecule has 1 aliphatic carbocycles. The molecule has 1 aliphatic rings. The maximum Gasteiger partial charge on any atom is 0.251 e. The van der Waals surface area contributed by atoms with Crippen LogP contribution in [0.5, 0.6) is 0 Å². The number of aliphatic hydroxyl groups is 1. The zero-order valence-electron chi connectivity index (χ0n) is 10.4. The highest BCUT2D eigenvalue weighted by molar-refractivity contribution is 5.94. The molecule has 1 saturated carbocycles. The Morgan fingerprint density at radius 1 is 1.29 bits per heavy atom. The maximum absolute atomic E-state index is 11.9. The number of carbonyl (C=O) groups excluding carboxylic acids is 1. The number of nitrogens with one attached hydrogen (secondary N) is 1. The number of hydrogen-bond acceptors (Lipinski definition) is 2.